The van der Waals surface area contributed by atoms with Crippen molar-refractivity contribution in [3.8, 4) is 17.2 Å². The lowest BCUT2D eigenvalue weighted by Gasteiger charge is -2.29. The Kier molecular flexibility index (Phi) is 6.80. The van der Waals surface area contributed by atoms with E-state index >= 15 is 0 Å². The number of carbonyl (C=O) groups excluding carboxylic acids is 1. The molecule has 1 aliphatic rings. The van der Waals surface area contributed by atoms with Crippen molar-refractivity contribution in [2.24, 2.45) is 0 Å². The van der Waals surface area contributed by atoms with Gasteiger partial charge in [0.2, 0.25) is 5.75 Å². The minimum absolute atomic E-state index is 0.00154. The number of likely N-dealkylation sites (tertiary alicyclic amines) is 1. The summed E-state index contributed by atoms with van der Waals surface area (Å²) in [4.78, 5) is 15.9. The average Bonchev–Trinajstić information content (AvgIpc) is 3.41. The number of methoxy groups -OCH3 is 3. The van der Waals surface area contributed by atoms with Crippen LogP contribution in [-0.4, -0.2) is 46.4 Å². The van der Waals surface area contributed by atoms with E-state index in [4.69, 9.17) is 14.2 Å². The lowest BCUT2D eigenvalue weighted by molar-refractivity contribution is -0.920. The SMILES string of the molecule is COc1cc(C(=O)N[C@@H](C)[C@@H](c2cccs2)[NH+]2CCCC2)cc(OC)c1OC. The zero-order chi connectivity index (χ0) is 20.1. The molecule has 0 bridgehead atoms. The van der Waals surface area contributed by atoms with Gasteiger partial charge in [0.15, 0.2) is 11.5 Å². The summed E-state index contributed by atoms with van der Waals surface area (Å²) in [5.74, 6) is 1.28. The van der Waals surface area contributed by atoms with Gasteiger partial charge in [0, 0.05) is 18.4 Å². The number of hydrogen-bond donors (Lipinski definition) is 2. The molecule has 1 aromatic heterocycles. The molecule has 1 aliphatic heterocycles. The number of carbonyl (C=O) groups is 1. The second kappa shape index (κ2) is 9.30. The largest absolute Gasteiger partial charge is 0.493 e. The van der Waals surface area contributed by atoms with E-state index in [2.05, 4.69) is 29.8 Å². The maximum Gasteiger partial charge on any atom is 0.251 e. The van der Waals surface area contributed by atoms with Crippen LogP contribution in [0.25, 0.3) is 0 Å². The Morgan fingerprint density at radius 2 is 1.75 bits per heavy atom. The molecule has 0 spiro atoms. The van der Waals surface area contributed by atoms with Crippen LogP contribution in [0.3, 0.4) is 0 Å². The number of amides is 1. The van der Waals surface area contributed by atoms with Crippen LogP contribution in [0.2, 0.25) is 0 Å². The molecular formula is C21H29N2O4S+. The third kappa shape index (κ3) is 4.25. The van der Waals surface area contributed by atoms with Gasteiger partial charge in [-0.2, -0.15) is 0 Å². The predicted octanol–water partition coefficient (Wildman–Crippen LogP) is 2.31. The molecule has 2 atom stereocenters. The zero-order valence-electron chi connectivity index (χ0n) is 16.9. The Morgan fingerprint density at radius 3 is 2.25 bits per heavy atom. The van der Waals surface area contributed by atoms with E-state index in [9.17, 15) is 4.79 Å². The van der Waals surface area contributed by atoms with Gasteiger partial charge in [0.05, 0.1) is 45.3 Å². The van der Waals surface area contributed by atoms with Gasteiger partial charge in [-0.15, -0.1) is 11.3 Å². The van der Waals surface area contributed by atoms with Crippen molar-refractivity contribution in [2.45, 2.75) is 31.8 Å². The molecule has 152 valence electrons. The fourth-order valence-corrected chi connectivity index (χ4v) is 4.98. The Labute approximate surface area is 170 Å². The van der Waals surface area contributed by atoms with E-state index in [1.165, 1.54) is 17.7 Å². The Morgan fingerprint density at radius 1 is 1.11 bits per heavy atom. The van der Waals surface area contributed by atoms with Gasteiger partial charge in [0.1, 0.15) is 6.04 Å². The molecule has 7 heteroatoms. The van der Waals surface area contributed by atoms with E-state index in [0.29, 0.717) is 22.8 Å². The molecule has 3 rings (SSSR count). The summed E-state index contributed by atoms with van der Waals surface area (Å²) in [6, 6.07) is 7.88. The van der Waals surface area contributed by atoms with Gasteiger partial charge in [-0.3, -0.25) is 4.79 Å². The molecule has 2 heterocycles. The summed E-state index contributed by atoms with van der Waals surface area (Å²) in [7, 11) is 4.64. The lowest BCUT2D eigenvalue weighted by Crippen LogP contribution is -3.11. The van der Waals surface area contributed by atoms with E-state index in [1.54, 1.807) is 49.7 Å². The van der Waals surface area contributed by atoms with Crippen LogP contribution in [0.4, 0.5) is 0 Å². The second-order valence-electron chi connectivity index (χ2n) is 7.03. The first-order valence-corrected chi connectivity index (χ1v) is 10.5. The number of benzene rings is 1. The van der Waals surface area contributed by atoms with Crippen molar-refractivity contribution < 1.29 is 23.9 Å². The molecule has 2 aromatic rings. The quantitative estimate of drug-likeness (QED) is 0.708. The summed E-state index contributed by atoms with van der Waals surface area (Å²) in [5, 5.41) is 5.30. The van der Waals surface area contributed by atoms with Gasteiger partial charge in [0.25, 0.3) is 5.91 Å². The smallest absolute Gasteiger partial charge is 0.251 e. The highest BCUT2D eigenvalue weighted by atomic mass is 32.1. The summed E-state index contributed by atoms with van der Waals surface area (Å²) < 4.78 is 16.1. The third-order valence-electron chi connectivity index (χ3n) is 5.32. The minimum atomic E-state index is -0.146. The number of nitrogens with one attached hydrogen (secondary N) is 2. The highest BCUT2D eigenvalue weighted by Crippen LogP contribution is 2.38. The summed E-state index contributed by atoms with van der Waals surface area (Å²) in [5.41, 5.74) is 0.489. The van der Waals surface area contributed by atoms with E-state index < -0.39 is 0 Å². The van der Waals surface area contributed by atoms with Gasteiger partial charge in [-0.25, -0.2) is 0 Å². The minimum Gasteiger partial charge on any atom is -0.493 e. The number of ether oxygens (including phenoxy) is 3. The molecule has 6 nitrogen and oxygen atoms in total. The molecule has 0 unspecified atom stereocenters. The van der Waals surface area contributed by atoms with E-state index in [-0.39, 0.29) is 18.0 Å². The number of thiophene rings is 1. The summed E-state index contributed by atoms with van der Waals surface area (Å²) in [6.07, 6.45) is 2.48. The fourth-order valence-electron chi connectivity index (χ4n) is 4.00. The zero-order valence-corrected chi connectivity index (χ0v) is 17.7. The number of hydrogen-bond acceptors (Lipinski definition) is 5. The van der Waals surface area contributed by atoms with Crippen LogP contribution in [0.1, 0.15) is 41.0 Å². The van der Waals surface area contributed by atoms with Crippen LogP contribution in [0.15, 0.2) is 29.6 Å². The first kappa shape index (κ1) is 20.5. The van der Waals surface area contributed by atoms with E-state index in [0.717, 1.165) is 13.1 Å². The molecule has 0 aliphatic carbocycles. The van der Waals surface area contributed by atoms with Crippen LogP contribution < -0.4 is 24.4 Å². The number of rotatable bonds is 8. The Balaban J connectivity index is 1.82. The Hall–Kier alpha value is -2.25. The average molecular weight is 406 g/mol. The maximum absolute atomic E-state index is 13.0. The van der Waals surface area contributed by atoms with Gasteiger partial charge in [-0.05, 0) is 30.5 Å². The Bertz CT molecular complexity index is 763. The molecule has 2 N–H and O–H groups in total. The topological polar surface area (TPSA) is 61.2 Å². The van der Waals surface area contributed by atoms with E-state index in [1.807, 2.05) is 0 Å². The van der Waals surface area contributed by atoms with Gasteiger partial charge >= 0.3 is 0 Å². The summed E-state index contributed by atoms with van der Waals surface area (Å²) >= 11 is 1.76. The van der Waals surface area contributed by atoms with Crippen molar-refractivity contribution in [2.75, 3.05) is 34.4 Å². The highest BCUT2D eigenvalue weighted by molar-refractivity contribution is 7.10. The maximum atomic E-state index is 13.0. The molecule has 0 saturated carbocycles. The first-order chi connectivity index (χ1) is 13.6. The molecule has 1 fully saturated rings. The van der Waals surface area contributed by atoms with Gasteiger partial charge in [-0.1, -0.05) is 6.07 Å². The lowest BCUT2D eigenvalue weighted by atomic mass is 10.1. The third-order valence-corrected chi connectivity index (χ3v) is 6.28. The van der Waals surface area contributed by atoms with Crippen molar-refractivity contribution in [1.82, 2.24) is 5.32 Å². The highest BCUT2D eigenvalue weighted by Gasteiger charge is 2.34. The predicted molar refractivity (Wildman–Crippen MR) is 110 cm³/mol. The fraction of sp³-hybridized carbons (Fsp3) is 0.476. The normalized spacial score (nSPS) is 16.4. The van der Waals surface area contributed by atoms with Crippen LogP contribution in [-0.2, 0) is 0 Å². The second-order valence-corrected chi connectivity index (χ2v) is 8.01. The number of quaternary nitrogens is 1. The van der Waals surface area contributed by atoms with Crippen LogP contribution >= 0.6 is 11.3 Å². The van der Waals surface area contributed by atoms with Crippen molar-refractivity contribution >= 4 is 17.2 Å². The van der Waals surface area contributed by atoms with Crippen LogP contribution in [0, 0.1) is 0 Å². The van der Waals surface area contributed by atoms with Gasteiger partial charge < -0.3 is 24.4 Å². The summed E-state index contributed by atoms with van der Waals surface area (Å²) in [6.45, 7) is 4.38. The molecular weight excluding hydrogens is 376 g/mol. The standard InChI is InChI=1S/C21H28N2O4S/c1-14(19(18-8-7-11-28-18)23-9-5-6-10-23)22-21(24)15-12-16(25-2)20(27-4)17(13-15)26-3/h7-8,11-14,19H,5-6,9-10H2,1-4H3,(H,22,24)/p+1/t14-,19-/m0/s1. The first-order valence-electron chi connectivity index (χ1n) is 9.57. The van der Waals surface area contributed by atoms with Crippen molar-refractivity contribution in [3.63, 3.8) is 0 Å². The molecule has 28 heavy (non-hydrogen) atoms. The molecule has 0 radical (unpaired) electrons. The van der Waals surface area contributed by atoms with Crippen LogP contribution in [0.5, 0.6) is 17.2 Å². The monoisotopic (exact) mass is 405 g/mol. The molecule has 1 aromatic carbocycles. The molecule has 1 saturated heterocycles. The van der Waals surface area contributed by atoms with Crippen molar-refractivity contribution in [1.29, 1.82) is 0 Å². The molecule has 1 amide bonds. The van der Waals surface area contributed by atoms with Crippen molar-refractivity contribution in [3.05, 3.63) is 40.1 Å².